The molecule has 0 aromatic heterocycles. The molecule has 1 N–H and O–H groups in total. The summed E-state index contributed by atoms with van der Waals surface area (Å²) in [6.07, 6.45) is 0. The highest BCUT2D eigenvalue weighted by Gasteiger charge is 2.15. The number of nitrogens with zero attached hydrogens (tertiary/aromatic N) is 2. The summed E-state index contributed by atoms with van der Waals surface area (Å²) >= 11 is 3.49. The Hall–Kier alpha value is -1.07. The minimum absolute atomic E-state index is 0.163. The first-order valence-electron chi connectivity index (χ1n) is 6.95. The van der Waals surface area contributed by atoms with Gasteiger partial charge in [0.05, 0.1) is 6.54 Å². The summed E-state index contributed by atoms with van der Waals surface area (Å²) < 4.78 is 1.05. The van der Waals surface area contributed by atoms with Crippen LogP contribution in [0.1, 0.15) is 19.4 Å². The number of rotatable bonds is 7. The molecule has 0 unspecified atom stereocenters. The van der Waals surface area contributed by atoms with Crippen LogP contribution < -0.4 is 10.2 Å². The predicted molar refractivity (Wildman–Crippen MR) is 88.1 cm³/mol. The second kappa shape index (κ2) is 8.27. The highest BCUT2D eigenvalue weighted by atomic mass is 79.9. The fourth-order valence-electron chi connectivity index (χ4n) is 2.22. The molecule has 1 aromatic rings. The van der Waals surface area contributed by atoms with Crippen LogP contribution in [0.4, 0.5) is 5.69 Å². The van der Waals surface area contributed by atoms with Gasteiger partial charge in [0.2, 0.25) is 5.91 Å². The highest BCUT2D eigenvalue weighted by Crippen LogP contribution is 2.23. The maximum absolute atomic E-state index is 12.2. The molecule has 0 aliphatic carbocycles. The van der Waals surface area contributed by atoms with Gasteiger partial charge >= 0.3 is 0 Å². The number of halogens is 1. The fourth-order valence-corrected chi connectivity index (χ4v) is 2.63. The molecule has 0 bridgehead atoms. The molecular weight excluding hydrogens is 318 g/mol. The van der Waals surface area contributed by atoms with E-state index < -0.39 is 0 Å². The minimum Gasteiger partial charge on any atom is -0.365 e. The topological polar surface area (TPSA) is 35.6 Å². The second-order valence-electron chi connectivity index (χ2n) is 4.73. The van der Waals surface area contributed by atoms with Gasteiger partial charge in [-0.2, -0.15) is 0 Å². The summed E-state index contributed by atoms with van der Waals surface area (Å²) in [5, 5.41) is 3.16. The van der Waals surface area contributed by atoms with Crippen molar-refractivity contribution >= 4 is 27.5 Å². The first kappa shape index (κ1) is 17.0. The number of likely N-dealkylation sites (N-methyl/N-ethyl adjacent to an activating group) is 2. The van der Waals surface area contributed by atoms with Crippen LogP contribution in [0, 0.1) is 0 Å². The normalized spacial score (nSPS) is 10.4. The number of hydrogen-bond donors (Lipinski definition) is 1. The summed E-state index contributed by atoms with van der Waals surface area (Å²) in [6, 6.07) is 6.14. The number of carbonyl (C=O) groups excluding carboxylic acids is 1. The van der Waals surface area contributed by atoms with Crippen molar-refractivity contribution in [1.29, 1.82) is 0 Å². The zero-order valence-electron chi connectivity index (χ0n) is 12.7. The van der Waals surface area contributed by atoms with E-state index in [2.05, 4.69) is 27.3 Å². The van der Waals surface area contributed by atoms with E-state index in [4.69, 9.17) is 0 Å². The van der Waals surface area contributed by atoms with Crippen LogP contribution >= 0.6 is 15.9 Å². The van der Waals surface area contributed by atoms with Crippen molar-refractivity contribution in [2.75, 3.05) is 38.6 Å². The molecule has 0 heterocycles. The molecule has 0 aliphatic rings. The van der Waals surface area contributed by atoms with Gasteiger partial charge in [-0.1, -0.05) is 15.9 Å². The molecule has 0 aliphatic heterocycles. The quantitative estimate of drug-likeness (QED) is 0.827. The lowest BCUT2D eigenvalue weighted by Gasteiger charge is -2.26. The smallest absolute Gasteiger partial charge is 0.242 e. The first-order chi connectivity index (χ1) is 9.53. The second-order valence-corrected chi connectivity index (χ2v) is 5.64. The molecule has 1 aromatic carbocycles. The average molecular weight is 342 g/mol. The van der Waals surface area contributed by atoms with Crippen molar-refractivity contribution in [3.8, 4) is 0 Å². The molecule has 0 spiro atoms. The summed E-state index contributed by atoms with van der Waals surface area (Å²) in [6.45, 7) is 6.71. The maximum Gasteiger partial charge on any atom is 0.242 e. The monoisotopic (exact) mass is 341 g/mol. The van der Waals surface area contributed by atoms with E-state index in [1.807, 2.05) is 49.9 Å². The average Bonchev–Trinajstić information content (AvgIpc) is 2.40. The Balaban J connectivity index is 2.86. The lowest BCUT2D eigenvalue weighted by molar-refractivity contribution is -0.129. The van der Waals surface area contributed by atoms with Gasteiger partial charge in [0.15, 0.2) is 0 Å². The highest BCUT2D eigenvalue weighted by molar-refractivity contribution is 9.10. The molecule has 5 heteroatoms. The van der Waals surface area contributed by atoms with Gasteiger partial charge in [0, 0.05) is 36.8 Å². The van der Waals surface area contributed by atoms with Crippen LogP contribution in [0.15, 0.2) is 22.7 Å². The van der Waals surface area contributed by atoms with Crippen LogP contribution in [0.5, 0.6) is 0 Å². The summed E-state index contributed by atoms with van der Waals surface area (Å²) in [7, 11) is 3.88. The fraction of sp³-hybridized carbons (Fsp3) is 0.533. The number of carbonyl (C=O) groups is 1. The number of amides is 1. The number of benzene rings is 1. The van der Waals surface area contributed by atoms with Gasteiger partial charge in [-0.3, -0.25) is 4.79 Å². The molecule has 0 radical (unpaired) electrons. The molecule has 0 saturated carbocycles. The molecule has 0 fully saturated rings. The predicted octanol–water partition coefficient (Wildman–Crippen LogP) is 2.47. The van der Waals surface area contributed by atoms with E-state index in [1.165, 1.54) is 5.56 Å². The van der Waals surface area contributed by atoms with Crippen molar-refractivity contribution < 1.29 is 4.79 Å². The molecular formula is C15H24BrN3O. The lowest BCUT2D eigenvalue weighted by atomic mass is 10.1. The van der Waals surface area contributed by atoms with Crippen molar-refractivity contribution in [2.24, 2.45) is 0 Å². The van der Waals surface area contributed by atoms with Gasteiger partial charge in [-0.05, 0) is 44.7 Å². The standard InChI is InChI=1S/C15H24BrN3O/c1-5-19(6-2)15(20)11-18(4)14-8-7-13(16)9-12(14)10-17-3/h7-9,17H,5-6,10-11H2,1-4H3. The van der Waals surface area contributed by atoms with E-state index in [-0.39, 0.29) is 5.91 Å². The Morgan fingerprint density at radius 1 is 1.30 bits per heavy atom. The summed E-state index contributed by atoms with van der Waals surface area (Å²) in [4.78, 5) is 16.1. The molecule has 1 rings (SSSR count). The van der Waals surface area contributed by atoms with Gasteiger partial charge < -0.3 is 15.1 Å². The summed E-state index contributed by atoms with van der Waals surface area (Å²) in [5.74, 6) is 0.163. The molecule has 0 atom stereocenters. The van der Waals surface area contributed by atoms with Crippen LogP contribution in [0.3, 0.4) is 0 Å². The Kier molecular flexibility index (Phi) is 7.02. The van der Waals surface area contributed by atoms with Crippen LogP contribution in [0.2, 0.25) is 0 Å². The van der Waals surface area contributed by atoms with Crippen molar-refractivity contribution in [2.45, 2.75) is 20.4 Å². The third-order valence-electron chi connectivity index (χ3n) is 3.31. The van der Waals surface area contributed by atoms with Crippen LogP contribution in [-0.4, -0.2) is 44.5 Å². The largest absolute Gasteiger partial charge is 0.365 e. The number of hydrogen-bond acceptors (Lipinski definition) is 3. The third kappa shape index (κ3) is 4.49. The number of nitrogens with one attached hydrogen (secondary N) is 1. The Morgan fingerprint density at radius 2 is 1.95 bits per heavy atom. The van der Waals surface area contributed by atoms with Crippen molar-refractivity contribution in [3.63, 3.8) is 0 Å². The zero-order valence-corrected chi connectivity index (χ0v) is 14.3. The SMILES string of the molecule is CCN(CC)C(=O)CN(C)c1ccc(Br)cc1CNC. The maximum atomic E-state index is 12.2. The summed E-state index contributed by atoms with van der Waals surface area (Å²) in [5.41, 5.74) is 2.26. The first-order valence-corrected chi connectivity index (χ1v) is 7.74. The molecule has 4 nitrogen and oxygen atoms in total. The van der Waals surface area contributed by atoms with Crippen molar-refractivity contribution in [3.05, 3.63) is 28.2 Å². The van der Waals surface area contributed by atoms with E-state index in [0.717, 1.165) is 29.8 Å². The lowest BCUT2D eigenvalue weighted by Crippen LogP contribution is -2.39. The van der Waals surface area contributed by atoms with E-state index in [0.29, 0.717) is 6.54 Å². The minimum atomic E-state index is 0.163. The van der Waals surface area contributed by atoms with Crippen LogP contribution in [-0.2, 0) is 11.3 Å². The Morgan fingerprint density at radius 3 is 2.50 bits per heavy atom. The van der Waals surface area contributed by atoms with Gasteiger partial charge in [0.1, 0.15) is 0 Å². The van der Waals surface area contributed by atoms with E-state index in [9.17, 15) is 4.79 Å². The third-order valence-corrected chi connectivity index (χ3v) is 3.80. The molecule has 20 heavy (non-hydrogen) atoms. The Labute approximate surface area is 130 Å². The molecule has 112 valence electrons. The van der Waals surface area contributed by atoms with Crippen molar-refractivity contribution in [1.82, 2.24) is 10.2 Å². The number of anilines is 1. The molecule has 0 saturated heterocycles. The molecule has 1 amide bonds. The Bertz CT molecular complexity index is 447. The van der Waals surface area contributed by atoms with Gasteiger partial charge in [-0.15, -0.1) is 0 Å². The van der Waals surface area contributed by atoms with Gasteiger partial charge in [-0.25, -0.2) is 0 Å². The zero-order chi connectivity index (χ0) is 15.1. The van der Waals surface area contributed by atoms with E-state index >= 15 is 0 Å². The van der Waals surface area contributed by atoms with Crippen LogP contribution in [0.25, 0.3) is 0 Å². The van der Waals surface area contributed by atoms with Gasteiger partial charge in [0.25, 0.3) is 0 Å². The van der Waals surface area contributed by atoms with E-state index in [1.54, 1.807) is 0 Å².